The zero-order valence-corrected chi connectivity index (χ0v) is 11.2. The van der Waals surface area contributed by atoms with E-state index in [0.717, 1.165) is 18.4 Å². The van der Waals surface area contributed by atoms with Gasteiger partial charge >= 0.3 is 0 Å². The van der Waals surface area contributed by atoms with Gasteiger partial charge in [-0.1, -0.05) is 32.9 Å². The van der Waals surface area contributed by atoms with Gasteiger partial charge in [0.25, 0.3) is 5.91 Å². The number of carbonyl (C=O) groups is 1. The van der Waals surface area contributed by atoms with Crippen LogP contribution in [-0.2, 0) is 5.41 Å². The number of carbonyl (C=O) groups excluding carboxylic acids is 1. The number of amides is 1. The fourth-order valence-corrected chi connectivity index (χ4v) is 1.94. The largest absolute Gasteiger partial charge is 0.339 e. The molecule has 2 heteroatoms. The van der Waals surface area contributed by atoms with Crippen molar-refractivity contribution in [1.82, 2.24) is 4.90 Å². The van der Waals surface area contributed by atoms with E-state index < -0.39 is 0 Å². The summed E-state index contributed by atoms with van der Waals surface area (Å²) in [6.07, 6.45) is 2.31. The third-order valence-electron chi connectivity index (χ3n) is 3.41. The van der Waals surface area contributed by atoms with Gasteiger partial charge in [0.2, 0.25) is 0 Å². The van der Waals surface area contributed by atoms with Crippen molar-refractivity contribution < 1.29 is 4.79 Å². The van der Waals surface area contributed by atoms with Crippen LogP contribution in [-0.4, -0.2) is 23.9 Å². The summed E-state index contributed by atoms with van der Waals surface area (Å²) in [7, 11) is 1.90. The molecule has 0 bridgehead atoms. The Kier molecular flexibility index (Phi) is 2.98. The minimum Gasteiger partial charge on any atom is -0.339 e. The number of benzene rings is 1. The van der Waals surface area contributed by atoms with Gasteiger partial charge in [0.15, 0.2) is 0 Å². The lowest BCUT2D eigenvalue weighted by atomic mass is 9.86. The standard InChI is InChI=1S/C15H21NO/c1-15(2,3)12-7-5-11(6-8-12)14(17)16(4)13-9-10-13/h5-8,13H,9-10H2,1-4H3. The van der Waals surface area contributed by atoms with Gasteiger partial charge in [0.1, 0.15) is 0 Å². The maximum absolute atomic E-state index is 12.1. The molecular formula is C15H21NO. The van der Waals surface area contributed by atoms with Crippen LogP contribution in [0.1, 0.15) is 49.5 Å². The van der Waals surface area contributed by atoms with Crippen LogP contribution in [0.15, 0.2) is 24.3 Å². The summed E-state index contributed by atoms with van der Waals surface area (Å²) in [5.74, 6) is 0.146. The van der Waals surface area contributed by atoms with Crippen LogP contribution in [0.5, 0.6) is 0 Å². The van der Waals surface area contributed by atoms with E-state index in [1.165, 1.54) is 5.56 Å². The molecule has 1 saturated carbocycles. The summed E-state index contributed by atoms with van der Waals surface area (Å²) in [5.41, 5.74) is 2.21. The second-order valence-corrected chi connectivity index (χ2v) is 5.97. The summed E-state index contributed by atoms with van der Waals surface area (Å²) in [5, 5.41) is 0. The van der Waals surface area contributed by atoms with Crippen molar-refractivity contribution >= 4 is 5.91 Å². The highest BCUT2D eigenvalue weighted by atomic mass is 16.2. The predicted octanol–water partition coefficient (Wildman–Crippen LogP) is 3.22. The molecule has 1 fully saturated rings. The first-order chi connectivity index (χ1) is 7.89. The van der Waals surface area contributed by atoms with Crippen molar-refractivity contribution in [2.45, 2.75) is 45.1 Å². The lowest BCUT2D eigenvalue weighted by Gasteiger charge is -2.20. The fraction of sp³-hybridized carbons (Fsp3) is 0.533. The summed E-state index contributed by atoms with van der Waals surface area (Å²) < 4.78 is 0. The van der Waals surface area contributed by atoms with Crippen LogP contribution in [0.25, 0.3) is 0 Å². The Hall–Kier alpha value is -1.31. The second-order valence-electron chi connectivity index (χ2n) is 5.97. The molecular weight excluding hydrogens is 210 g/mol. The Balaban J connectivity index is 2.14. The molecule has 1 aromatic carbocycles. The van der Waals surface area contributed by atoms with E-state index in [4.69, 9.17) is 0 Å². The first kappa shape index (κ1) is 12.2. The molecule has 1 aromatic rings. The first-order valence-electron chi connectivity index (χ1n) is 6.27. The Bertz CT molecular complexity index is 410. The van der Waals surface area contributed by atoms with Crippen molar-refractivity contribution in [3.63, 3.8) is 0 Å². The van der Waals surface area contributed by atoms with Gasteiger partial charge < -0.3 is 4.90 Å². The molecule has 17 heavy (non-hydrogen) atoms. The topological polar surface area (TPSA) is 20.3 Å². The molecule has 0 spiro atoms. The van der Waals surface area contributed by atoms with Crippen molar-refractivity contribution in [3.05, 3.63) is 35.4 Å². The normalized spacial score (nSPS) is 15.8. The Morgan fingerprint density at radius 1 is 1.18 bits per heavy atom. The van der Waals surface area contributed by atoms with Gasteiger partial charge in [-0.15, -0.1) is 0 Å². The van der Waals surface area contributed by atoms with Gasteiger partial charge in [-0.3, -0.25) is 4.79 Å². The van der Waals surface area contributed by atoms with Gasteiger partial charge in [-0.25, -0.2) is 0 Å². The van der Waals surface area contributed by atoms with Crippen molar-refractivity contribution in [2.75, 3.05) is 7.05 Å². The molecule has 0 aliphatic heterocycles. The zero-order chi connectivity index (χ0) is 12.6. The quantitative estimate of drug-likeness (QED) is 0.765. The monoisotopic (exact) mass is 231 g/mol. The third-order valence-corrected chi connectivity index (χ3v) is 3.41. The van der Waals surface area contributed by atoms with Gasteiger partial charge in [-0.2, -0.15) is 0 Å². The summed E-state index contributed by atoms with van der Waals surface area (Å²) in [6.45, 7) is 6.54. The van der Waals surface area contributed by atoms with Crippen LogP contribution in [0.4, 0.5) is 0 Å². The summed E-state index contributed by atoms with van der Waals surface area (Å²) >= 11 is 0. The number of rotatable bonds is 2. The van der Waals surface area contributed by atoms with Crippen LogP contribution >= 0.6 is 0 Å². The van der Waals surface area contributed by atoms with Crippen LogP contribution < -0.4 is 0 Å². The maximum atomic E-state index is 12.1. The second kappa shape index (κ2) is 4.17. The van der Waals surface area contributed by atoms with Gasteiger partial charge in [-0.05, 0) is 36.0 Å². The van der Waals surface area contributed by atoms with E-state index in [-0.39, 0.29) is 11.3 Å². The van der Waals surface area contributed by atoms with Crippen molar-refractivity contribution in [1.29, 1.82) is 0 Å². The molecule has 2 rings (SSSR count). The molecule has 92 valence electrons. The summed E-state index contributed by atoms with van der Waals surface area (Å²) in [4.78, 5) is 14.0. The Morgan fingerprint density at radius 3 is 2.12 bits per heavy atom. The highest BCUT2D eigenvalue weighted by Crippen LogP contribution is 2.27. The van der Waals surface area contributed by atoms with Crippen molar-refractivity contribution in [3.8, 4) is 0 Å². The maximum Gasteiger partial charge on any atom is 0.253 e. The van der Waals surface area contributed by atoms with Crippen molar-refractivity contribution in [2.24, 2.45) is 0 Å². The van der Waals surface area contributed by atoms with E-state index in [0.29, 0.717) is 6.04 Å². The minimum absolute atomic E-state index is 0.143. The van der Waals surface area contributed by atoms with E-state index in [1.807, 2.05) is 24.1 Å². The SMILES string of the molecule is CN(C(=O)c1ccc(C(C)(C)C)cc1)C1CC1. The molecule has 1 amide bonds. The number of hydrogen-bond acceptors (Lipinski definition) is 1. The lowest BCUT2D eigenvalue weighted by molar-refractivity contribution is 0.0785. The third kappa shape index (κ3) is 2.68. The number of hydrogen-bond donors (Lipinski definition) is 0. The minimum atomic E-state index is 0.143. The lowest BCUT2D eigenvalue weighted by Crippen LogP contribution is -2.28. The molecule has 0 heterocycles. The van der Waals surface area contributed by atoms with Crippen LogP contribution in [0.3, 0.4) is 0 Å². The number of nitrogens with zero attached hydrogens (tertiary/aromatic N) is 1. The van der Waals surface area contributed by atoms with E-state index >= 15 is 0 Å². The molecule has 2 nitrogen and oxygen atoms in total. The molecule has 1 aliphatic rings. The van der Waals surface area contributed by atoms with Crippen LogP contribution in [0, 0.1) is 0 Å². The average molecular weight is 231 g/mol. The van der Waals surface area contributed by atoms with E-state index in [9.17, 15) is 4.79 Å². The van der Waals surface area contributed by atoms with Gasteiger partial charge in [0.05, 0.1) is 0 Å². The highest BCUT2D eigenvalue weighted by Gasteiger charge is 2.30. The molecule has 1 aliphatic carbocycles. The molecule has 0 radical (unpaired) electrons. The van der Waals surface area contributed by atoms with E-state index in [2.05, 4.69) is 32.9 Å². The Labute approximate surface area is 104 Å². The molecule has 0 atom stereocenters. The smallest absolute Gasteiger partial charge is 0.253 e. The molecule has 0 N–H and O–H groups in total. The van der Waals surface area contributed by atoms with Gasteiger partial charge in [0, 0.05) is 18.7 Å². The first-order valence-corrected chi connectivity index (χ1v) is 6.27. The summed E-state index contributed by atoms with van der Waals surface area (Å²) in [6, 6.07) is 8.50. The average Bonchev–Trinajstić information content (AvgIpc) is 3.10. The Morgan fingerprint density at radius 2 is 1.71 bits per heavy atom. The zero-order valence-electron chi connectivity index (χ0n) is 11.2. The molecule has 0 aromatic heterocycles. The van der Waals surface area contributed by atoms with E-state index in [1.54, 1.807) is 0 Å². The highest BCUT2D eigenvalue weighted by molar-refractivity contribution is 5.94. The fourth-order valence-electron chi connectivity index (χ4n) is 1.94. The molecule has 0 unspecified atom stereocenters. The predicted molar refractivity (Wildman–Crippen MR) is 70.3 cm³/mol. The van der Waals surface area contributed by atoms with Crippen LogP contribution in [0.2, 0.25) is 0 Å². The molecule has 0 saturated heterocycles.